The van der Waals surface area contributed by atoms with Crippen LogP contribution in [0.15, 0.2) is 40.8 Å². The number of hydrogen-bond donors (Lipinski definition) is 1. The molecule has 2 aliphatic rings. The van der Waals surface area contributed by atoms with Crippen molar-refractivity contribution in [1.82, 2.24) is 14.7 Å². The average Bonchev–Trinajstić information content (AvgIpc) is 3.18. The Balaban J connectivity index is 1.38. The smallest absolute Gasteiger partial charge is 0.289 e. The van der Waals surface area contributed by atoms with Crippen molar-refractivity contribution in [2.45, 2.75) is 31.9 Å². The number of carbonyl (C=O) groups is 2. The monoisotopic (exact) mass is 445 g/mol. The van der Waals surface area contributed by atoms with Crippen molar-refractivity contribution < 1.29 is 19.1 Å². The Morgan fingerprint density at radius 3 is 2.29 bits per heavy atom. The van der Waals surface area contributed by atoms with E-state index in [4.69, 9.17) is 16.0 Å². The fraction of sp³-hybridized carbons (Fsp3) is 0.478. The predicted octanol–water partition coefficient (Wildman–Crippen LogP) is 2.73. The highest BCUT2D eigenvalue weighted by Crippen LogP contribution is 2.26. The third-order valence-electron chi connectivity index (χ3n) is 6.30. The van der Waals surface area contributed by atoms with Gasteiger partial charge in [-0.3, -0.25) is 14.5 Å². The standard InChI is InChI=1S/C23H28ClN3O4/c1-16(28)25-12-14-26(15-13-25)19-8-10-27(11-9-20(19)29)23(30)22-7-6-21(31-22)17-2-4-18(24)5-3-17/h2-7,19-20,29H,8-15H2,1H3/t19-,20-/m0/s1. The predicted molar refractivity (Wildman–Crippen MR) is 118 cm³/mol. The normalized spacial score (nSPS) is 22.9. The molecule has 1 aromatic carbocycles. The zero-order chi connectivity index (χ0) is 22.0. The average molecular weight is 446 g/mol. The number of carbonyl (C=O) groups excluding carboxylic acids is 2. The number of aliphatic hydroxyl groups is 1. The lowest BCUT2D eigenvalue weighted by Crippen LogP contribution is -2.54. The summed E-state index contributed by atoms with van der Waals surface area (Å²) in [5.41, 5.74) is 0.861. The fourth-order valence-corrected chi connectivity index (χ4v) is 4.57. The van der Waals surface area contributed by atoms with Gasteiger partial charge in [-0.05, 0) is 49.2 Å². The van der Waals surface area contributed by atoms with Crippen LogP contribution in [0, 0.1) is 0 Å². The van der Waals surface area contributed by atoms with Gasteiger partial charge >= 0.3 is 0 Å². The Morgan fingerprint density at radius 2 is 1.61 bits per heavy atom. The van der Waals surface area contributed by atoms with Gasteiger partial charge in [0.05, 0.1) is 6.10 Å². The molecule has 7 nitrogen and oxygen atoms in total. The van der Waals surface area contributed by atoms with Crippen LogP contribution < -0.4 is 0 Å². The van der Waals surface area contributed by atoms with E-state index in [1.807, 2.05) is 17.0 Å². The second-order valence-corrected chi connectivity index (χ2v) is 8.65. The molecule has 2 aliphatic heterocycles. The van der Waals surface area contributed by atoms with E-state index in [0.29, 0.717) is 55.6 Å². The summed E-state index contributed by atoms with van der Waals surface area (Å²) >= 11 is 5.94. The summed E-state index contributed by atoms with van der Waals surface area (Å²) in [7, 11) is 0. The number of aliphatic hydroxyl groups excluding tert-OH is 1. The van der Waals surface area contributed by atoms with E-state index >= 15 is 0 Å². The molecule has 0 spiro atoms. The van der Waals surface area contributed by atoms with Gasteiger partial charge < -0.3 is 19.3 Å². The van der Waals surface area contributed by atoms with Crippen LogP contribution in [-0.2, 0) is 4.79 Å². The Labute approximate surface area is 187 Å². The highest BCUT2D eigenvalue weighted by atomic mass is 35.5. The Bertz CT molecular complexity index is 921. The zero-order valence-electron chi connectivity index (χ0n) is 17.7. The number of benzene rings is 1. The molecular weight excluding hydrogens is 418 g/mol. The van der Waals surface area contributed by atoms with Crippen LogP contribution in [0.1, 0.15) is 30.3 Å². The lowest BCUT2D eigenvalue weighted by atomic mass is 10.0. The number of piperazine rings is 1. The molecule has 2 amide bonds. The number of nitrogens with zero attached hydrogens (tertiary/aromatic N) is 3. The number of halogens is 1. The molecule has 4 rings (SSSR count). The second-order valence-electron chi connectivity index (χ2n) is 8.22. The van der Waals surface area contributed by atoms with E-state index in [2.05, 4.69) is 4.90 Å². The van der Waals surface area contributed by atoms with Crippen molar-refractivity contribution >= 4 is 23.4 Å². The number of furan rings is 1. The molecule has 1 aromatic heterocycles. The molecule has 0 unspecified atom stereocenters. The minimum atomic E-state index is -0.497. The van der Waals surface area contributed by atoms with E-state index in [9.17, 15) is 14.7 Å². The molecule has 0 bridgehead atoms. The summed E-state index contributed by atoms with van der Waals surface area (Å²) in [6.45, 7) is 5.50. The second kappa shape index (κ2) is 9.42. The molecule has 0 saturated carbocycles. The van der Waals surface area contributed by atoms with Gasteiger partial charge in [-0.25, -0.2) is 0 Å². The number of likely N-dealkylation sites (tertiary alicyclic amines) is 1. The van der Waals surface area contributed by atoms with Crippen LogP contribution in [0.3, 0.4) is 0 Å². The Morgan fingerprint density at radius 1 is 0.935 bits per heavy atom. The van der Waals surface area contributed by atoms with Crippen LogP contribution in [0.5, 0.6) is 0 Å². The molecule has 8 heteroatoms. The summed E-state index contributed by atoms with van der Waals surface area (Å²) in [5, 5.41) is 11.4. The van der Waals surface area contributed by atoms with E-state index in [1.54, 1.807) is 36.1 Å². The van der Waals surface area contributed by atoms with Crippen molar-refractivity contribution in [1.29, 1.82) is 0 Å². The maximum atomic E-state index is 13.0. The van der Waals surface area contributed by atoms with Gasteiger partial charge in [-0.15, -0.1) is 0 Å². The van der Waals surface area contributed by atoms with Crippen molar-refractivity contribution in [2.24, 2.45) is 0 Å². The zero-order valence-corrected chi connectivity index (χ0v) is 18.4. The minimum absolute atomic E-state index is 0.00635. The van der Waals surface area contributed by atoms with E-state index in [-0.39, 0.29) is 17.9 Å². The lowest BCUT2D eigenvalue weighted by Gasteiger charge is -2.40. The van der Waals surface area contributed by atoms with Crippen LogP contribution in [0.2, 0.25) is 5.02 Å². The summed E-state index contributed by atoms with van der Waals surface area (Å²) in [6.07, 6.45) is 0.717. The molecule has 31 heavy (non-hydrogen) atoms. The van der Waals surface area contributed by atoms with Gasteiger partial charge in [-0.1, -0.05) is 11.6 Å². The highest BCUT2D eigenvalue weighted by molar-refractivity contribution is 6.30. The Hall–Kier alpha value is -2.35. The van der Waals surface area contributed by atoms with Crippen LogP contribution in [-0.4, -0.2) is 83.0 Å². The van der Waals surface area contributed by atoms with Gasteiger partial charge in [0.2, 0.25) is 5.91 Å². The summed E-state index contributed by atoms with van der Waals surface area (Å²) in [6, 6.07) is 10.8. The number of amides is 2. The number of hydrogen-bond acceptors (Lipinski definition) is 5. The van der Waals surface area contributed by atoms with E-state index < -0.39 is 6.10 Å². The van der Waals surface area contributed by atoms with Gasteiger partial charge in [0.25, 0.3) is 5.91 Å². The Kier molecular flexibility index (Phi) is 6.65. The fourth-order valence-electron chi connectivity index (χ4n) is 4.45. The highest BCUT2D eigenvalue weighted by Gasteiger charge is 2.33. The van der Waals surface area contributed by atoms with Crippen LogP contribution >= 0.6 is 11.6 Å². The molecule has 0 aliphatic carbocycles. The molecule has 1 N–H and O–H groups in total. The van der Waals surface area contributed by atoms with Crippen molar-refractivity contribution in [3.8, 4) is 11.3 Å². The minimum Gasteiger partial charge on any atom is -0.451 e. The maximum Gasteiger partial charge on any atom is 0.289 e. The first-order valence-electron chi connectivity index (χ1n) is 10.7. The van der Waals surface area contributed by atoms with E-state index in [1.165, 1.54) is 0 Å². The molecule has 2 fully saturated rings. The lowest BCUT2D eigenvalue weighted by molar-refractivity contribution is -0.131. The van der Waals surface area contributed by atoms with Crippen LogP contribution in [0.25, 0.3) is 11.3 Å². The van der Waals surface area contributed by atoms with Crippen molar-refractivity contribution in [2.75, 3.05) is 39.3 Å². The van der Waals surface area contributed by atoms with E-state index in [0.717, 1.165) is 18.7 Å². The van der Waals surface area contributed by atoms with Gasteiger partial charge in [0, 0.05) is 62.8 Å². The third kappa shape index (κ3) is 4.95. The van der Waals surface area contributed by atoms with Crippen LogP contribution in [0.4, 0.5) is 0 Å². The van der Waals surface area contributed by atoms with Crippen molar-refractivity contribution in [3.63, 3.8) is 0 Å². The summed E-state index contributed by atoms with van der Waals surface area (Å²) < 4.78 is 5.82. The summed E-state index contributed by atoms with van der Waals surface area (Å²) in [4.78, 5) is 30.4. The number of rotatable bonds is 3. The molecule has 166 valence electrons. The van der Waals surface area contributed by atoms with Gasteiger partial charge in [-0.2, -0.15) is 0 Å². The molecular formula is C23H28ClN3O4. The molecule has 2 atom stereocenters. The first kappa shape index (κ1) is 21.9. The molecule has 3 heterocycles. The van der Waals surface area contributed by atoms with Gasteiger partial charge in [0.1, 0.15) is 5.76 Å². The summed E-state index contributed by atoms with van der Waals surface area (Å²) in [5.74, 6) is 0.854. The molecule has 2 saturated heterocycles. The topological polar surface area (TPSA) is 77.2 Å². The first-order chi connectivity index (χ1) is 14.9. The maximum absolute atomic E-state index is 13.0. The molecule has 2 aromatic rings. The van der Waals surface area contributed by atoms with Gasteiger partial charge in [0.15, 0.2) is 5.76 Å². The first-order valence-corrected chi connectivity index (χ1v) is 11.1. The molecule has 0 radical (unpaired) electrons. The van der Waals surface area contributed by atoms with Crippen molar-refractivity contribution in [3.05, 3.63) is 47.2 Å². The quantitative estimate of drug-likeness (QED) is 0.786. The third-order valence-corrected chi connectivity index (χ3v) is 6.55. The largest absolute Gasteiger partial charge is 0.451 e. The SMILES string of the molecule is CC(=O)N1CCN([C@H]2CCN(C(=O)c3ccc(-c4ccc(Cl)cc4)o3)CC[C@@H]2O)CC1.